The lowest BCUT2D eigenvalue weighted by Crippen LogP contribution is -2.08. The van der Waals surface area contributed by atoms with Crippen molar-refractivity contribution >= 4 is 13.6 Å². The summed E-state index contributed by atoms with van der Waals surface area (Å²) in [5, 5.41) is 0. The summed E-state index contributed by atoms with van der Waals surface area (Å²) in [6.07, 6.45) is 16.1. The molecule has 0 fully saturated rings. The Morgan fingerprint density at radius 1 is 0.786 bits per heavy atom. The molecule has 166 valence electrons. The predicted molar refractivity (Wildman–Crippen MR) is 116 cm³/mol. The van der Waals surface area contributed by atoms with Crippen LogP contribution in [0.4, 0.5) is 0 Å². The first-order valence-corrected chi connectivity index (χ1v) is 13.0. The molecule has 0 bridgehead atoms. The second-order valence-corrected chi connectivity index (χ2v) is 9.71. The van der Waals surface area contributed by atoms with Crippen molar-refractivity contribution < 1.29 is 23.4 Å². The van der Waals surface area contributed by atoms with Crippen LogP contribution in [-0.4, -0.2) is 18.7 Å². The average Bonchev–Trinajstić information content (AvgIpc) is 2.67. The molecule has 6 heteroatoms. The van der Waals surface area contributed by atoms with Crippen molar-refractivity contribution in [1.29, 1.82) is 0 Å². The van der Waals surface area contributed by atoms with Crippen molar-refractivity contribution in [3.63, 3.8) is 0 Å². The van der Waals surface area contributed by atoms with E-state index in [-0.39, 0.29) is 11.7 Å². The van der Waals surface area contributed by atoms with E-state index < -0.39 is 13.6 Å². The average molecular weight is 419 g/mol. The van der Waals surface area contributed by atoms with Gasteiger partial charge < -0.3 is 4.52 Å². The Labute approximate surface area is 173 Å². The standard InChI is InChI=1S/C22H43O5P/c1-5-7-9-11-13-14-16-18-20-28(24,27-26-22(23)21(3)4)25-19-17-15-12-10-8-6-2/h3,5-20H2,1-2,4H3. The smallest absolute Gasteiger partial charge is 0.307 e. The molecule has 0 aliphatic rings. The lowest BCUT2D eigenvalue weighted by molar-refractivity contribution is -0.213. The highest BCUT2D eigenvalue weighted by atomic mass is 31.2. The minimum Gasteiger partial charge on any atom is -0.307 e. The maximum absolute atomic E-state index is 12.9. The fourth-order valence-corrected chi connectivity index (χ4v) is 4.26. The van der Waals surface area contributed by atoms with Crippen LogP contribution >= 0.6 is 7.60 Å². The number of carbonyl (C=O) groups is 1. The van der Waals surface area contributed by atoms with Gasteiger partial charge in [-0.2, -0.15) is 0 Å². The van der Waals surface area contributed by atoms with Crippen LogP contribution in [0.15, 0.2) is 12.2 Å². The van der Waals surface area contributed by atoms with Gasteiger partial charge in [-0.15, -0.1) is 0 Å². The zero-order valence-corrected chi connectivity index (χ0v) is 19.4. The third-order valence-electron chi connectivity index (χ3n) is 4.65. The van der Waals surface area contributed by atoms with Gasteiger partial charge in [0.2, 0.25) is 0 Å². The van der Waals surface area contributed by atoms with Gasteiger partial charge in [-0.1, -0.05) is 102 Å². The third kappa shape index (κ3) is 16.3. The highest BCUT2D eigenvalue weighted by Gasteiger charge is 2.27. The monoisotopic (exact) mass is 418 g/mol. The highest BCUT2D eigenvalue weighted by Crippen LogP contribution is 2.49. The van der Waals surface area contributed by atoms with Crippen molar-refractivity contribution in [2.75, 3.05) is 12.8 Å². The van der Waals surface area contributed by atoms with Gasteiger partial charge in [-0.25, -0.2) is 4.79 Å². The van der Waals surface area contributed by atoms with Gasteiger partial charge in [0.15, 0.2) is 0 Å². The van der Waals surface area contributed by atoms with E-state index in [2.05, 4.69) is 25.3 Å². The van der Waals surface area contributed by atoms with Gasteiger partial charge in [0.1, 0.15) is 0 Å². The number of unbranched alkanes of at least 4 members (excludes halogenated alkanes) is 12. The second kappa shape index (κ2) is 18.4. The van der Waals surface area contributed by atoms with Crippen LogP contribution < -0.4 is 0 Å². The van der Waals surface area contributed by atoms with E-state index in [1.54, 1.807) is 0 Å². The lowest BCUT2D eigenvalue weighted by Gasteiger charge is -2.17. The van der Waals surface area contributed by atoms with Crippen LogP contribution in [-0.2, 0) is 23.4 Å². The number of hydrogen-bond acceptors (Lipinski definition) is 5. The molecule has 0 spiro atoms. The van der Waals surface area contributed by atoms with E-state index in [1.807, 2.05) is 0 Å². The van der Waals surface area contributed by atoms with Gasteiger partial charge in [0, 0.05) is 5.57 Å². The second-order valence-electron chi connectivity index (χ2n) is 7.64. The summed E-state index contributed by atoms with van der Waals surface area (Å²) < 4.78 is 23.4. The highest BCUT2D eigenvalue weighted by molar-refractivity contribution is 7.53. The first-order chi connectivity index (χ1) is 13.4. The van der Waals surface area contributed by atoms with E-state index in [0.29, 0.717) is 6.61 Å². The number of rotatable bonds is 20. The van der Waals surface area contributed by atoms with Crippen LogP contribution in [0, 0.1) is 0 Å². The summed E-state index contributed by atoms with van der Waals surface area (Å²) in [6.45, 7) is 9.79. The van der Waals surface area contributed by atoms with E-state index in [4.69, 9.17) is 9.20 Å². The number of hydrogen-bond donors (Lipinski definition) is 0. The maximum atomic E-state index is 12.9. The molecule has 5 nitrogen and oxygen atoms in total. The molecule has 0 aliphatic heterocycles. The fraction of sp³-hybridized carbons (Fsp3) is 0.864. The van der Waals surface area contributed by atoms with E-state index in [1.165, 1.54) is 58.3 Å². The van der Waals surface area contributed by atoms with E-state index in [9.17, 15) is 9.36 Å². The molecule has 1 atom stereocenters. The summed E-state index contributed by atoms with van der Waals surface area (Å²) in [5.74, 6) is -0.709. The predicted octanol–water partition coefficient (Wildman–Crippen LogP) is 7.75. The molecular weight excluding hydrogens is 375 g/mol. The largest absolute Gasteiger partial charge is 0.369 e. The van der Waals surface area contributed by atoms with Crippen molar-refractivity contribution in [3.8, 4) is 0 Å². The summed E-state index contributed by atoms with van der Waals surface area (Å²) in [6, 6.07) is 0. The molecule has 0 heterocycles. The molecule has 0 aromatic rings. The minimum absolute atomic E-state index is 0.203. The van der Waals surface area contributed by atoms with Crippen molar-refractivity contribution in [2.24, 2.45) is 0 Å². The first kappa shape index (κ1) is 27.4. The molecule has 28 heavy (non-hydrogen) atoms. The van der Waals surface area contributed by atoms with E-state index in [0.717, 1.165) is 38.5 Å². The van der Waals surface area contributed by atoms with Gasteiger partial charge in [-0.3, -0.25) is 9.45 Å². The van der Waals surface area contributed by atoms with Gasteiger partial charge in [0.25, 0.3) is 0 Å². The van der Waals surface area contributed by atoms with Crippen LogP contribution in [0.3, 0.4) is 0 Å². The Balaban J connectivity index is 4.19. The molecule has 0 saturated heterocycles. The molecule has 0 aromatic carbocycles. The summed E-state index contributed by atoms with van der Waals surface area (Å²) in [7, 11) is -3.42. The van der Waals surface area contributed by atoms with Gasteiger partial charge in [0.05, 0.1) is 12.8 Å². The molecule has 0 rings (SSSR count). The zero-order valence-electron chi connectivity index (χ0n) is 18.5. The lowest BCUT2D eigenvalue weighted by atomic mass is 10.1. The van der Waals surface area contributed by atoms with Gasteiger partial charge in [-0.05, 0) is 19.8 Å². The summed E-state index contributed by atoms with van der Waals surface area (Å²) >= 11 is 0. The molecule has 0 N–H and O–H groups in total. The van der Waals surface area contributed by atoms with Crippen LogP contribution in [0.25, 0.3) is 0 Å². The quantitative estimate of drug-likeness (QED) is 0.0665. The zero-order chi connectivity index (χ0) is 21.1. The fourth-order valence-electron chi connectivity index (χ4n) is 2.81. The Morgan fingerprint density at radius 3 is 1.75 bits per heavy atom. The van der Waals surface area contributed by atoms with E-state index >= 15 is 0 Å². The SMILES string of the molecule is C=C(C)C(=O)OOP(=O)(CCCCCCCCCC)OCCCCCCCC. The van der Waals surface area contributed by atoms with Crippen LogP contribution in [0.2, 0.25) is 0 Å². The Kier molecular flexibility index (Phi) is 18.0. The maximum Gasteiger partial charge on any atom is 0.369 e. The van der Waals surface area contributed by atoms with Crippen LogP contribution in [0.5, 0.6) is 0 Å². The van der Waals surface area contributed by atoms with Crippen LogP contribution in [0.1, 0.15) is 111 Å². The molecule has 0 amide bonds. The summed E-state index contributed by atoms with van der Waals surface area (Å²) in [5.41, 5.74) is 0.203. The van der Waals surface area contributed by atoms with Crippen molar-refractivity contribution in [3.05, 3.63) is 12.2 Å². The topological polar surface area (TPSA) is 61.8 Å². The molecule has 0 saturated carbocycles. The Bertz CT molecular complexity index is 450. The minimum atomic E-state index is -3.42. The van der Waals surface area contributed by atoms with Gasteiger partial charge >= 0.3 is 13.6 Å². The molecule has 1 unspecified atom stereocenters. The van der Waals surface area contributed by atoms with Crippen molar-refractivity contribution in [1.82, 2.24) is 0 Å². The molecule has 0 radical (unpaired) electrons. The summed E-state index contributed by atoms with van der Waals surface area (Å²) in [4.78, 5) is 16.2. The number of carbonyl (C=O) groups excluding carboxylic acids is 1. The first-order valence-electron chi connectivity index (χ1n) is 11.2. The molecular formula is C22H43O5P. The Hall–Kier alpha value is -0.640. The molecule has 0 aliphatic carbocycles. The van der Waals surface area contributed by atoms with Crippen molar-refractivity contribution in [2.45, 2.75) is 111 Å². The molecule has 0 aromatic heterocycles. The third-order valence-corrected chi connectivity index (χ3v) is 6.39. The Morgan fingerprint density at radius 2 is 1.25 bits per heavy atom. The normalized spacial score (nSPS) is 13.2.